The van der Waals surface area contributed by atoms with Crippen LogP contribution in [0.25, 0.3) is 11.4 Å². The third-order valence-corrected chi connectivity index (χ3v) is 4.14. The summed E-state index contributed by atoms with van der Waals surface area (Å²) in [7, 11) is -8.13. The van der Waals surface area contributed by atoms with Gasteiger partial charge in [0.15, 0.2) is 11.4 Å². The monoisotopic (exact) mass is 550 g/mol. The standard InChI is InChI=1S/C14H12Cl4N4.2BF4/c1-19-3-5-21(7-19)11-9(13(15)16)10(14(17)18)12(11)22-6-4-20(2)8-22;2*2-1(3,4)5/h3-8H,1-2H3;;/q+2;2*-1. The van der Waals surface area contributed by atoms with Gasteiger partial charge in [-0.1, -0.05) is 46.4 Å². The maximum absolute atomic E-state index is 9.75. The van der Waals surface area contributed by atoms with Gasteiger partial charge in [0.1, 0.15) is 33.8 Å². The maximum atomic E-state index is 9.75. The lowest BCUT2D eigenvalue weighted by Crippen LogP contribution is -2.27. The smallest absolute Gasteiger partial charge is 0.418 e. The van der Waals surface area contributed by atoms with Crippen LogP contribution in [0.4, 0.5) is 34.5 Å². The Morgan fingerprint density at radius 1 is 0.656 bits per heavy atom. The summed E-state index contributed by atoms with van der Waals surface area (Å²) in [4.78, 5) is 0. The molecule has 0 aromatic carbocycles. The normalized spacial score (nSPS) is 13.7. The van der Waals surface area contributed by atoms with E-state index in [0.717, 1.165) is 11.4 Å². The fraction of sp³-hybridized carbons (Fsp3) is 0.143. The van der Waals surface area contributed by atoms with Gasteiger partial charge in [-0.05, 0) is 0 Å². The second-order valence-electron chi connectivity index (χ2n) is 5.93. The molecule has 2 aromatic heterocycles. The zero-order valence-electron chi connectivity index (χ0n) is 15.9. The van der Waals surface area contributed by atoms with Crippen LogP contribution in [0.15, 0.2) is 57.6 Å². The predicted octanol–water partition coefficient (Wildman–Crippen LogP) is 5.76. The molecule has 3 rings (SSSR count). The van der Waals surface area contributed by atoms with Crippen LogP contribution in [0.3, 0.4) is 0 Å². The molecule has 0 saturated heterocycles. The molecule has 0 radical (unpaired) electrons. The van der Waals surface area contributed by atoms with E-state index in [0.29, 0.717) is 11.1 Å². The number of allylic oxidation sites excluding steroid dienone is 4. The molecule has 0 amide bonds. The van der Waals surface area contributed by atoms with Crippen molar-refractivity contribution in [2.75, 3.05) is 0 Å². The largest absolute Gasteiger partial charge is 0.673 e. The lowest BCUT2D eigenvalue weighted by molar-refractivity contribution is -0.670. The van der Waals surface area contributed by atoms with Gasteiger partial charge in [-0.15, -0.1) is 0 Å². The van der Waals surface area contributed by atoms with Gasteiger partial charge >= 0.3 is 14.5 Å². The fourth-order valence-corrected chi connectivity index (χ4v) is 3.18. The van der Waals surface area contributed by atoms with Crippen molar-refractivity contribution in [1.82, 2.24) is 9.13 Å². The second kappa shape index (κ2) is 11.0. The van der Waals surface area contributed by atoms with Crippen LogP contribution in [-0.4, -0.2) is 23.6 Å². The van der Waals surface area contributed by atoms with Crippen LogP contribution in [0, 0.1) is 0 Å². The summed E-state index contributed by atoms with van der Waals surface area (Å²) < 4.78 is 85.9. The van der Waals surface area contributed by atoms with Crippen LogP contribution in [0.2, 0.25) is 0 Å². The summed E-state index contributed by atoms with van der Waals surface area (Å²) in [5.41, 5.74) is 2.94. The lowest BCUT2D eigenvalue weighted by atomic mass is 9.88. The molecule has 0 atom stereocenters. The molecule has 0 N–H and O–H groups in total. The highest BCUT2D eigenvalue weighted by Crippen LogP contribution is 2.51. The number of aryl methyl sites for hydroxylation is 2. The Kier molecular flexibility index (Phi) is 9.76. The first kappa shape index (κ1) is 28.4. The van der Waals surface area contributed by atoms with E-state index >= 15 is 0 Å². The van der Waals surface area contributed by atoms with Gasteiger partial charge in [0.2, 0.25) is 12.7 Å². The molecular weight excluding hydrogens is 540 g/mol. The molecule has 2 aromatic rings. The first-order valence-electron chi connectivity index (χ1n) is 8.08. The zero-order valence-corrected chi connectivity index (χ0v) is 19.0. The van der Waals surface area contributed by atoms with E-state index in [-0.39, 0.29) is 8.98 Å². The Labute approximate surface area is 196 Å². The highest BCUT2D eigenvalue weighted by molar-refractivity contribution is 6.60. The second-order valence-corrected chi connectivity index (χ2v) is 7.83. The van der Waals surface area contributed by atoms with Crippen LogP contribution >= 0.6 is 46.4 Å². The minimum Gasteiger partial charge on any atom is -0.418 e. The predicted molar refractivity (Wildman–Crippen MR) is 108 cm³/mol. The van der Waals surface area contributed by atoms with Crippen molar-refractivity contribution in [2.45, 2.75) is 0 Å². The van der Waals surface area contributed by atoms with Crippen molar-refractivity contribution >= 4 is 72.3 Å². The van der Waals surface area contributed by atoms with E-state index in [4.69, 9.17) is 46.4 Å². The third-order valence-electron chi connectivity index (χ3n) is 3.38. The summed E-state index contributed by atoms with van der Waals surface area (Å²) >= 11 is 24.2. The SMILES string of the molecule is C[n+]1ccn(C2=C(n3cc[n+](C)c3)C(=C(Cl)Cl)C2=C(Cl)Cl)c1.F[B-](F)(F)F.F[B-](F)(F)F. The Balaban J connectivity index is 0.000000431. The number of hydrogen-bond acceptors (Lipinski definition) is 0. The van der Waals surface area contributed by atoms with Crippen LogP contribution in [0.5, 0.6) is 0 Å². The Bertz CT molecular complexity index is 954. The highest BCUT2D eigenvalue weighted by Gasteiger charge is 2.43. The van der Waals surface area contributed by atoms with Crippen LogP contribution < -0.4 is 9.13 Å². The number of nitrogens with zero attached hydrogens (tertiary/aromatic N) is 4. The molecule has 32 heavy (non-hydrogen) atoms. The molecule has 0 fully saturated rings. The minimum atomic E-state index is -6.00. The van der Waals surface area contributed by atoms with Crippen LogP contribution in [0.1, 0.15) is 0 Å². The average Bonchev–Trinajstić information content (AvgIpc) is 3.11. The highest BCUT2D eigenvalue weighted by atomic mass is 35.5. The lowest BCUT2D eigenvalue weighted by Gasteiger charge is -2.24. The maximum Gasteiger partial charge on any atom is 0.673 e. The van der Waals surface area contributed by atoms with Gasteiger partial charge in [-0.25, -0.2) is 9.13 Å². The first-order valence-corrected chi connectivity index (χ1v) is 9.59. The molecule has 178 valence electrons. The molecule has 1 aliphatic rings. The molecule has 0 bridgehead atoms. The van der Waals surface area contributed by atoms with Gasteiger partial charge in [-0.3, -0.25) is 0 Å². The summed E-state index contributed by atoms with van der Waals surface area (Å²) in [6.45, 7) is 0. The summed E-state index contributed by atoms with van der Waals surface area (Å²) in [5, 5.41) is 0. The summed E-state index contributed by atoms with van der Waals surface area (Å²) in [6, 6.07) is 0. The molecule has 1 aliphatic carbocycles. The molecule has 0 aliphatic heterocycles. The van der Waals surface area contributed by atoms with Crippen molar-refractivity contribution in [3.8, 4) is 0 Å². The Morgan fingerprint density at radius 2 is 0.906 bits per heavy atom. The van der Waals surface area contributed by atoms with E-state index in [1.165, 1.54) is 0 Å². The third kappa shape index (κ3) is 9.08. The van der Waals surface area contributed by atoms with E-state index < -0.39 is 14.5 Å². The van der Waals surface area contributed by atoms with Gasteiger partial charge in [-0.2, -0.15) is 9.13 Å². The number of aromatic nitrogens is 4. The van der Waals surface area contributed by atoms with E-state index in [9.17, 15) is 34.5 Å². The summed E-state index contributed by atoms with van der Waals surface area (Å²) in [6.07, 6.45) is 11.5. The molecular formula is C14H12B2Cl4F8N4. The zero-order chi connectivity index (χ0) is 25.0. The fourth-order valence-electron chi connectivity index (χ4n) is 2.45. The molecule has 2 heterocycles. The van der Waals surface area contributed by atoms with Crippen molar-refractivity contribution in [3.05, 3.63) is 57.6 Å². The first-order chi connectivity index (χ1) is 14.4. The molecule has 18 heteroatoms. The average molecular weight is 552 g/mol. The van der Waals surface area contributed by atoms with Gasteiger partial charge in [0.25, 0.3) is 0 Å². The topological polar surface area (TPSA) is 17.6 Å². The van der Waals surface area contributed by atoms with Gasteiger partial charge < -0.3 is 34.5 Å². The molecule has 0 spiro atoms. The molecule has 0 unspecified atom stereocenters. The Hall–Kier alpha value is -1.63. The van der Waals surface area contributed by atoms with E-state index in [2.05, 4.69) is 0 Å². The van der Waals surface area contributed by atoms with Crippen molar-refractivity contribution < 1.29 is 43.7 Å². The van der Waals surface area contributed by atoms with Crippen molar-refractivity contribution in [3.63, 3.8) is 0 Å². The minimum absolute atomic E-state index is 0.125. The summed E-state index contributed by atoms with van der Waals surface area (Å²) in [5.74, 6) is 0. The number of halogens is 12. The quantitative estimate of drug-likeness (QED) is 0.257. The Morgan fingerprint density at radius 3 is 1.06 bits per heavy atom. The number of rotatable bonds is 2. The van der Waals surface area contributed by atoms with Gasteiger partial charge in [0, 0.05) is 0 Å². The number of imidazole rings is 2. The van der Waals surface area contributed by atoms with Crippen molar-refractivity contribution in [1.29, 1.82) is 0 Å². The number of hydrogen-bond donors (Lipinski definition) is 0. The van der Waals surface area contributed by atoms with Crippen LogP contribution in [-0.2, 0) is 14.1 Å². The van der Waals surface area contributed by atoms with E-state index in [1.807, 2.05) is 69.8 Å². The molecule has 0 saturated carbocycles. The van der Waals surface area contributed by atoms with Gasteiger partial charge in [0.05, 0.1) is 25.2 Å². The molecule has 4 nitrogen and oxygen atoms in total. The van der Waals surface area contributed by atoms with E-state index in [1.54, 1.807) is 0 Å². The van der Waals surface area contributed by atoms with Crippen molar-refractivity contribution in [2.24, 2.45) is 14.1 Å².